The van der Waals surface area contributed by atoms with Crippen molar-refractivity contribution < 1.29 is 22.5 Å². The Morgan fingerprint density at radius 3 is 2.78 bits per heavy atom. The number of nitrogens with one attached hydrogen (secondary N) is 1. The first-order valence-corrected chi connectivity index (χ1v) is 7.93. The number of alkyl halides is 3. The van der Waals surface area contributed by atoms with Crippen molar-refractivity contribution in [3.05, 3.63) is 59.7 Å². The topological polar surface area (TPSA) is 85.3 Å². The lowest BCUT2D eigenvalue weighted by molar-refractivity contribution is -0.136. The Morgan fingerprint density at radius 2 is 1.96 bits per heavy atom. The molecule has 0 fully saturated rings. The zero-order valence-electron chi connectivity index (χ0n) is 13.7. The molecular formula is C17H12F3N5O2. The maximum absolute atomic E-state index is 13.0. The number of fused-ring (bicyclic) bond motifs is 2. The first-order valence-electron chi connectivity index (χ1n) is 7.93. The number of carbonyl (C=O) groups excluding carboxylic acids is 1. The summed E-state index contributed by atoms with van der Waals surface area (Å²) in [5.74, 6) is -0.174. The molecule has 4 aromatic rings. The van der Waals surface area contributed by atoms with E-state index in [0.29, 0.717) is 11.3 Å². The van der Waals surface area contributed by atoms with E-state index in [2.05, 4.69) is 20.7 Å². The summed E-state index contributed by atoms with van der Waals surface area (Å²) in [6, 6.07) is 9.32. The van der Waals surface area contributed by atoms with Gasteiger partial charge in [-0.05, 0) is 24.3 Å². The van der Waals surface area contributed by atoms with E-state index in [-0.39, 0.29) is 30.3 Å². The number of rotatable bonds is 4. The summed E-state index contributed by atoms with van der Waals surface area (Å²) in [6.45, 7) is -0.0723. The van der Waals surface area contributed by atoms with E-state index in [9.17, 15) is 18.0 Å². The molecule has 138 valence electrons. The lowest BCUT2D eigenvalue weighted by Gasteiger charge is -2.08. The maximum atomic E-state index is 13.0. The summed E-state index contributed by atoms with van der Waals surface area (Å²) in [6.07, 6.45) is -3.15. The number of aromatic nitrogens is 4. The fourth-order valence-corrected chi connectivity index (χ4v) is 2.76. The van der Waals surface area contributed by atoms with Gasteiger partial charge in [-0.1, -0.05) is 17.3 Å². The first kappa shape index (κ1) is 17.0. The number of hydrogen-bond acceptors (Lipinski definition) is 5. The summed E-state index contributed by atoms with van der Waals surface area (Å²) in [7, 11) is 0. The normalized spacial score (nSPS) is 12.0. The van der Waals surface area contributed by atoms with E-state index < -0.39 is 11.7 Å². The second-order valence-corrected chi connectivity index (χ2v) is 5.81. The fourth-order valence-electron chi connectivity index (χ4n) is 2.76. The number of nitrogens with zero attached hydrogens (tertiary/aromatic N) is 4. The van der Waals surface area contributed by atoms with Gasteiger partial charge < -0.3 is 9.84 Å². The van der Waals surface area contributed by atoms with Crippen molar-refractivity contribution in [2.24, 2.45) is 0 Å². The van der Waals surface area contributed by atoms with Gasteiger partial charge in [-0.25, -0.2) is 0 Å². The second kappa shape index (κ2) is 6.38. The van der Waals surface area contributed by atoms with Gasteiger partial charge in [0.25, 0.3) is 0 Å². The van der Waals surface area contributed by atoms with Gasteiger partial charge in [0.15, 0.2) is 17.1 Å². The number of halogens is 3. The Balaban J connectivity index is 1.49. The Labute approximate surface area is 149 Å². The number of para-hydroxylation sites is 1. The van der Waals surface area contributed by atoms with Gasteiger partial charge in [-0.2, -0.15) is 13.2 Å². The van der Waals surface area contributed by atoms with E-state index >= 15 is 0 Å². The van der Waals surface area contributed by atoms with Crippen LogP contribution in [0.15, 0.2) is 47.1 Å². The van der Waals surface area contributed by atoms with Crippen LogP contribution >= 0.6 is 0 Å². The third kappa shape index (κ3) is 3.21. The van der Waals surface area contributed by atoms with Gasteiger partial charge in [0, 0.05) is 11.6 Å². The van der Waals surface area contributed by atoms with Crippen LogP contribution in [0.2, 0.25) is 0 Å². The molecule has 10 heteroatoms. The zero-order chi connectivity index (χ0) is 19.0. The van der Waals surface area contributed by atoms with Gasteiger partial charge in [-0.3, -0.25) is 9.20 Å². The lowest BCUT2D eigenvalue weighted by Crippen LogP contribution is -2.25. The monoisotopic (exact) mass is 375 g/mol. The summed E-state index contributed by atoms with van der Waals surface area (Å²) in [4.78, 5) is 12.2. The lowest BCUT2D eigenvalue weighted by atomic mass is 10.1. The van der Waals surface area contributed by atoms with Gasteiger partial charge in [0.1, 0.15) is 11.3 Å². The van der Waals surface area contributed by atoms with E-state index in [0.717, 1.165) is 11.5 Å². The number of hydrogen-bond donors (Lipinski definition) is 1. The molecule has 1 N–H and O–H groups in total. The molecule has 0 unspecified atom stereocenters. The molecule has 27 heavy (non-hydrogen) atoms. The molecule has 3 heterocycles. The molecule has 0 atom stereocenters. The molecule has 1 amide bonds. The highest BCUT2D eigenvalue weighted by Crippen LogP contribution is 2.31. The van der Waals surface area contributed by atoms with Crippen molar-refractivity contribution >= 4 is 22.5 Å². The molecule has 0 spiro atoms. The van der Waals surface area contributed by atoms with Crippen LogP contribution in [0.1, 0.15) is 17.1 Å². The molecule has 0 aliphatic heterocycles. The van der Waals surface area contributed by atoms with Crippen molar-refractivity contribution in [3.63, 3.8) is 0 Å². The minimum absolute atomic E-state index is 0.0262. The Kier molecular flexibility index (Phi) is 4.02. The average molecular weight is 375 g/mol. The molecule has 1 aromatic carbocycles. The molecule has 0 radical (unpaired) electrons. The molecule has 3 aromatic heterocycles. The molecule has 4 rings (SSSR count). The minimum atomic E-state index is -4.54. The SMILES string of the molecule is O=C(Cc1noc2ccccc12)NCc1nnc2c(C(F)(F)F)cccn12. The molecule has 0 saturated carbocycles. The number of benzene rings is 1. The molecule has 0 bridgehead atoms. The van der Waals surface area contributed by atoms with Crippen LogP contribution in [-0.4, -0.2) is 25.7 Å². The van der Waals surface area contributed by atoms with E-state index in [1.54, 1.807) is 18.2 Å². The number of carbonyl (C=O) groups is 1. The maximum Gasteiger partial charge on any atom is 0.420 e. The molecule has 7 nitrogen and oxygen atoms in total. The zero-order valence-corrected chi connectivity index (χ0v) is 13.7. The fraction of sp³-hybridized carbons (Fsp3) is 0.176. The van der Waals surface area contributed by atoms with Crippen molar-refractivity contribution in [2.75, 3.05) is 0 Å². The van der Waals surface area contributed by atoms with Gasteiger partial charge in [-0.15, -0.1) is 10.2 Å². The Hall–Kier alpha value is -3.43. The van der Waals surface area contributed by atoms with Crippen LogP contribution in [0.5, 0.6) is 0 Å². The van der Waals surface area contributed by atoms with Gasteiger partial charge >= 0.3 is 6.18 Å². The third-order valence-electron chi connectivity index (χ3n) is 4.03. The van der Waals surface area contributed by atoms with Crippen molar-refractivity contribution in [1.82, 2.24) is 25.1 Å². The highest BCUT2D eigenvalue weighted by atomic mass is 19.4. The number of pyridine rings is 1. The smallest absolute Gasteiger partial charge is 0.356 e. The van der Waals surface area contributed by atoms with Crippen molar-refractivity contribution in [2.45, 2.75) is 19.1 Å². The number of amides is 1. The van der Waals surface area contributed by atoms with Crippen LogP contribution in [0.4, 0.5) is 13.2 Å². The largest absolute Gasteiger partial charge is 0.420 e. The third-order valence-corrected chi connectivity index (χ3v) is 4.03. The quantitative estimate of drug-likeness (QED) is 0.593. The predicted molar refractivity (Wildman–Crippen MR) is 87.5 cm³/mol. The van der Waals surface area contributed by atoms with E-state index in [4.69, 9.17) is 4.52 Å². The van der Waals surface area contributed by atoms with Crippen molar-refractivity contribution in [3.8, 4) is 0 Å². The van der Waals surface area contributed by atoms with Crippen LogP contribution in [0.3, 0.4) is 0 Å². The molecular weight excluding hydrogens is 363 g/mol. The Morgan fingerprint density at radius 1 is 1.15 bits per heavy atom. The minimum Gasteiger partial charge on any atom is -0.356 e. The van der Waals surface area contributed by atoms with Crippen molar-refractivity contribution in [1.29, 1.82) is 0 Å². The predicted octanol–water partition coefficient (Wildman–Crippen LogP) is 2.75. The first-order chi connectivity index (χ1) is 12.9. The van der Waals surface area contributed by atoms with Gasteiger partial charge in [0.2, 0.25) is 5.91 Å². The summed E-state index contributed by atoms with van der Waals surface area (Å²) >= 11 is 0. The standard InChI is InChI=1S/C17H12F3N5O2/c18-17(19,20)11-5-3-7-25-14(22-23-16(11)25)9-21-15(26)8-12-10-4-1-2-6-13(10)27-24-12/h1-7H,8-9H2,(H,21,26). The summed E-state index contributed by atoms with van der Waals surface area (Å²) in [5, 5.41) is 14.6. The molecule has 0 aliphatic rings. The molecule has 0 saturated heterocycles. The van der Waals surface area contributed by atoms with Crippen LogP contribution in [0.25, 0.3) is 16.6 Å². The second-order valence-electron chi connectivity index (χ2n) is 5.81. The Bertz CT molecular complexity index is 1130. The van der Waals surface area contributed by atoms with E-state index in [1.165, 1.54) is 16.7 Å². The summed E-state index contributed by atoms with van der Waals surface area (Å²) < 4.78 is 45.4. The van der Waals surface area contributed by atoms with E-state index in [1.807, 2.05) is 6.07 Å². The van der Waals surface area contributed by atoms with Crippen LogP contribution in [-0.2, 0) is 23.9 Å². The van der Waals surface area contributed by atoms with Crippen LogP contribution < -0.4 is 5.32 Å². The van der Waals surface area contributed by atoms with Crippen LogP contribution in [0, 0.1) is 0 Å². The molecule has 0 aliphatic carbocycles. The highest BCUT2D eigenvalue weighted by Gasteiger charge is 2.34. The summed E-state index contributed by atoms with van der Waals surface area (Å²) in [5.41, 5.74) is -0.141. The highest BCUT2D eigenvalue weighted by molar-refractivity contribution is 5.86. The van der Waals surface area contributed by atoms with Gasteiger partial charge in [0.05, 0.1) is 13.0 Å². The average Bonchev–Trinajstić information content (AvgIpc) is 3.23.